The number of fused-ring (bicyclic) bond motifs is 8. The van der Waals surface area contributed by atoms with Crippen molar-refractivity contribution >= 4 is 27.8 Å². The van der Waals surface area contributed by atoms with Crippen molar-refractivity contribution in [3.05, 3.63) is 270 Å². The topological polar surface area (TPSA) is 3.24 Å². The Morgan fingerprint density at radius 2 is 0.825 bits per heavy atom. The quantitative estimate of drug-likeness (QED) is 0.155. The highest BCUT2D eigenvalue weighted by molar-refractivity contribution is 6.09. The highest BCUT2D eigenvalue weighted by Crippen LogP contribution is 2.62. The summed E-state index contributed by atoms with van der Waals surface area (Å²) in [5.41, 5.74) is 20.4. The van der Waals surface area contributed by atoms with E-state index in [1.54, 1.807) is 0 Å². The minimum absolute atomic E-state index is 0.229. The van der Waals surface area contributed by atoms with Crippen LogP contribution in [0.25, 0.3) is 55.3 Å². The van der Waals surface area contributed by atoms with Crippen LogP contribution in [-0.2, 0) is 10.8 Å². The molecule has 0 heterocycles. The molecule has 1 nitrogen and oxygen atoms in total. The van der Waals surface area contributed by atoms with Crippen molar-refractivity contribution in [2.45, 2.75) is 24.7 Å². The fourth-order valence-electron chi connectivity index (χ4n) is 11.3. The van der Waals surface area contributed by atoms with Crippen LogP contribution in [0.2, 0.25) is 0 Å². The summed E-state index contributed by atoms with van der Waals surface area (Å²) >= 11 is 0. The summed E-state index contributed by atoms with van der Waals surface area (Å²) in [6.45, 7) is 4.82. The molecular weight excluding hydrogens is 759 g/mol. The maximum atomic E-state index is 2.63. The Balaban J connectivity index is 1.24. The molecule has 10 aromatic rings. The molecule has 10 aromatic carbocycles. The molecule has 0 fully saturated rings. The van der Waals surface area contributed by atoms with Crippen molar-refractivity contribution in [2.24, 2.45) is 0 Å². The fourth-order valence-corrected chi connectivity index (χ4v) is 11.3. The lowest BCUT2D eigenvalue weighted by molar-refractivity contribution is 0.666. The Bertz CT molecular complexity index is 3320. The van der Waals surface area contributed by atoms with Crippen LogP contribution in [0.1, 0.15) is 47.2 Å². The summed E-state index contributed by atoms with van der Waals surface area (Å²) in [5, 5.41) is 2.53. The molecule has 0 bridgehead atoms. The van der Waals surface area contributed by atoms with E-state index >= 15 is 0 Å². The smallest absolute Gasteiger partial charge is 0.0714 e. The first-order valence-electron chi connectivity index (χ1n) is 22.1. The summed E-state index contributed by atoms with van der Waals surface area (Å²) in [6, 6.07) is 87.8. The zero-order valence-electron chi connectivity index (χ0n) is 35.5. The Morgan fingerprint density at radius 3 is 1.52 bits per heavy atom. The van der Waals surface area contributed by atoms with E-state index in [-0.39, 0.29) is 5.41 Å². The Hall–Kier alpha value is -7.74. The average Bonchev–Trinajstić information content (AvgIpc) is 3.79. The third kappa shape index (κ3) is 5.43. The standard InChI is InChI=1S/C62H45N/c1-61(2)52-36-19-16-34-50(52)59-57(41-43-25-12-13-31-47(43)60(59)61)63(55-39-21-18-33-49(55)48-32-15-14-30-46(48)42-23-6-3-7-24-42)56-40-22-38-54-58(56)51-35-17-20-37-53(51)62(54,44-26-8-4-9-27-44)45-28-10-5-11-29-45/h3-41H,1-2H3. The highest BCUT2D eigenvalue weighted by Gasteiger charge is 2.48. The van der Waals surface area contributed by atoms with Crippen molar-refractivity contribution in [1.29, 1.82) is 0 Å². The van der Waals surface area contributed by atoms with Gasteiger partial charge in [-0.2, -0.15) is 0 Å². The zero-order valence-corrected chi connectivity index (χ0v) is 35.5. The van der Waals surface area contributed by atoms with E-state index in [0.717, 1.165) is 11.4 Å². The van der Waals surface area contributed by atoms with E-state index in [1.807, 2.05) is 0 Å². The summed E-state index contributed by atoms with van der Waals surface area (Å²) in [7, 11) is 0. The van der Waals surface area contributed by atoms with Gasteiger partial charge < -0.3 is 4.90 Å². The van der Waals surface area contributed by atoms with Gasteiger partial charge in [-0.05, 0) is 90.2 Å². The molecule has 1 heteroatoms. The normalized spacial score (nSPS) is 13.8. The predicted molar refractivity (Wildman–Crippen MR) is 264 cm³/mol. The van der Waals surface area contributed by atoms with Gasteiger partial charge in [0, 0.05) is 22.1 Å². The van der Waals surface area contributed by atoms with Gasteiger partial charge in [0.05, 0.1) is 22.5 Å². The fraction of sp³-hybridized carbons (Fsp3) is 0.0645. The summed E-state index contributed by atoms with van der Waals surface area (Å²) in [4.78, 5) is 2.63. The highest BCUT2D eigenvalue weighted by atomic mass is 15.2. The molecule has 2 aliphatic rings. The van der Waals surface area contributed by atoms with Crippen molar-refractivity contribution in [1.82, 2.24) is 0 Å². The van der Waals surface area contributed by atoms with Gasteiger partial charge in [-0.15, -0.1) is 0 Å². The number of rotatable bonds is 7. The number of hydrogen-bond acceptors (Lipinski definition) is 1. The second-order valence-corrected chi connectivity index (χ2v) is 17.5. The Kier molecular flexibility index (Phi) is 8.49. The lowest BCUT2D eigenvalue weighted by Gasteiger charge is -2.35. The van der Waals surface area contributed by atoms with Crippen LogP contribution < -0.4 is 4.90 Å². The van der Waals surface area contributed by atoms with Crippen molar-refractivity contribution < 1.29 is 0 Å². The molecule has 0 saturated heterocycles. The second-order valence-electron chi connectivity index (χ2n) is 17.5. The van der Waals surface area contributed by atoms with Crippen LogP contribution in [0.15, 0.2) is 237 Å². The van der Waals surface area contributed by atoms with Gasteiger partial charge in [0.2, 0.25) is 0 Å². The van der Waals surface area contributed by atoms with E-state index in [4.69, 9.17) is 0 Å². The van der Waals surface area contributed by atoms with Crippen molar-refractivity contribution in [3.63, 3.8) is 0 Å². The summed E-state index contributed by atoms with van der Waals surface area (Å²) in [5.74, 6) is 0. The molecule has 2 aliphatic carbocycles. The molecule has 0 radical (unpaired) electrons. The van der Waals surface area contributed by atoms with E-state index in [2.05, 4.69) is 255 Å². The van der Waals surface area contributed by atoms with Gasteiger partial charge in [-0.1, -0.05) is 232 Å². The largest absolute Gasteiger partial charge is 0.309 e. The maximum Gasteiger partial charge on any atom is 0.0714 e. The molecule has 298 valence electrons. The number of para-hydroxylation sites is 1. The van der Waals surface area contributed by atoms with Crippen molar-refractivity contribution in [2.75, 3.05) is 4.90 Å². The molecule has 0 saturated carbocycles. The summed E-state index contributed by atoms with van der Waals surface area (Å²) < 4.78 is 0. The Morgan fingerprint density at radius 1 is 0.333 bits per heavy atom. The van der Waals surface area contributed by atoms with Gasteiger partial charge >= 0.3 is 0 Å². The molecule has 0 N–H and O–H groups in total. The number of anilines is 3. The van der Waals surface area contributed by atoms with Gasteiger partial charge in [-0.3, -0.25) is 0 Å². The second kappa shape index (κ2) is 14.4. The lowest BCUT2D eigenvalue weighted by Crippen LogP contribution is -2.28. The van der Waals surface area contributed by atoms with E-state index < -0.39 is 5.41 Å². The number of benzene rings is 10. The van der Waals surface area contributed by atoms with Gasteiger partial charge in [0.1, 0.15) is 0 Å². The molecular formula is C62H45N. The molecule has 63 heavy (non-hydrogen) atoms. The third-order valence-corrected chi connectivity index (χ3v) is 13.9. The number of hydrogen-bond donors (Lipinski definition) is 0. The van der Waals surface area contributed by atoms with Crippen molar-refractivity contribution in [3.8, 4) is 44.5 Å². The molecule has 12 rings (SSSR count). The van der Waals surface area contributed by atoms with E-state index in [9.17, 15) is 0 Å². The first-order valence-corrected chi connectivity index (χ1v) is 22.1. The minimum atomic E-state index is -0.546. The molecule has 0 spiro atoms. The average molecular weight is 804 g/mol. The van der Waals surface area contributed by atoms with Crippen LogP contribution in [0.5, 0.6) is 0 Å². The third-order valence-electron chi connectivity index (χ3n) is 13.9. The maximum absolute atomic E-state index is 2.63. The Labute approximate surface area is 370 Å². The van der Waals surface area contributed by atoms with Gasteiger partial charge in [-0.25, -0.2) is 0 Å². The molecule has 0 aliphatic heterocycles. The van der Waals surface area contributed by atoms with E-state index in [0.29, 0.717) is 0 Å². The SMILES string of the molecule is CC1(C)c2ccccc2-c2c(N(c3ccccc3-c3ccccc3-c3ccccc3)c3cccc4c3-c3ccccc3C4(c3ccccc3)c3ccccc3)cc3ccccc3c21. The van der Waals surface area contributed by atoms with Crippen LogP contribution in [-0.4, -0.2) is 0 Å². The predicted octanol–water partition coefficient (Wildman–Crippen LogP) is 16.3. The first kappa shape index (κ1) is 37.1. The molecule has 0 aromatic heterocycles. The lowest BCUT2D eigenvalue weighted by atomic mass is 9.68. The minimum Gasteiger partial charge on any atom is -0.309 e. The van der Waals surface area contributed by atoms with E-state index in [1.165, 1.54) is 94.3 Å². The van der Waals surface area contributed by atoms with Gasteiger partial charge in [0.15, 0.2) is 0 Å². The number of nitrogens with zero attached hydrogens (tertiary/aromatic N) is 1. The van der Waals surface area contributed by atoms with Crippen LogP contribution >= 0.6 is 0 Å². The van der Waals surface area contributed by atoms with Crippen LogP contribution in [0, 0.1) is 0 Å². The monoisotopic (exact) mass is 803 g/mol. The summed E-state index contributed by atoms with van der Waals surface area (Å²) in [6.07, 6.45) is 0. The van der Waals surface area contributed by atoms with Crippen LogP contribution in [0.4, 0.5) is 17.1 Å². The zero-order chi connectivity index (χ0) is 42.1. The first-order chi connectivity index (χ1) is 31.1. The van der Waals surface area contributed by atoms with Crippen LogP contribution in [0.3, 0.4) is 0 Å². The molecule has 0 atom stereocenters. The van der Waals surface area contributed by atoms with Gasteiger partial charge in [0.25, 0.3) is 0 Å². The molecule has 0 unspecified atom stereocenters. The molecule has 0 amide bonds.